The van der Waals surface area contributed by atoms with Crippen LogP contribution in [-0.4, -0.2) is 32.9 Å². The Bertz CT molecular complexity index is 884. The van der Waals surface area contributed by atoms with Crippen LogP contribution in [0.25, 0.3) is 0 Å². The van der Waals surface area contributed by atoms with Gasteiger partial charge in [0.2, 0.25) is 5.28 Å². The number of nitrogens with zero attached hydrogens (tertiary/aromatic N) is 3. The summed E-state index contributed by atoms with van der Waals surface area (Å²) in [6.07, 6.45) is 1.61. The largest absolute Gasteiger partial charge is 0.302 e. The summed E-state index contributed by atoms with van der Waals surface area (Å²) in [5.74, 6) is -0.165. The molecule has 5 nitrogen and oxygen atoms in total. The molecule has 0 saturated heterocycles. The van der Waals surface area contributed by atoms with Gasteiger partial charge >= 0.3 is 0 Å². The first-order chi connectivity index (χ1) is 12.9. The van der Waals surface area contributed by atoms with Gasteiger partial charge in [-0.15, -0.1) is 0 Å². The fraction of sp³-hybridized carbons (Fsp3) is 0.400. The number of hydrogen-bond donors (Lipinski definition) is 1. The maximum absolute atomic E-state index is 11.7. The number of nitrogens with one attached hydrogen (secondary N) is 1. The van der Waals surface area contributed by atoms with Crippen molar-refractivity contribution in [2.24, 2.45) is 0 Å². The molecule has 1 N–H and O–H groups in total. The van der Waals surface area contributed by atoms with Crippen LogP contribution in [0.4, 0.5) is 0 Å². The Labute approximate surface area is 169 Å². The third-order valence-corrected chi connectivity index (χ3v) is 5.45. The fourth-order valence-electron chi connectivity index (χ4n) is 3.68. The van der Waals surface area contributed by atoms with Gasteiger partial charge in [0.1, 0.15) is 12.3 Å². The maximum atomic E-state index is 11.7. The molecule has 3 rings (SSSR count). The predicted octanol–water partition coefficient (Wildman–Crippen LogP) is 4.81. The van der Waals surface area contributed by atoms with Crippen LogP contribution in [0.5, 0.6) is 0 Å². The van der Waals surface area contributed by atoms with E-state index >= 15 is 0 Å². The molecule has 0 radical (unpaired) electrons. The Hall–Kier alpha value is -1.82. The molecule has 0 amide bonds. The van der Waals surface area contributed by atoms with Crippen molar-refractivity contribution in [3.8, 4) is 0 Å². The van der Waals surface area contributed by atoms with E-state index in [1.807, 2.05) is 49.9 Å². The van der Waals surface area contributed by atoms with Crippen LogP contribution in [0.3, 0.4) is 0 Å². The molecule has 1 aromatic carbocycles. The van der Waals surface area contributed by atoms with Crippen molar-refractivity contribution in [2.45, 2.75) is 51.7 Å². The lowest BCUT2D eigenvalue weighted by Crippen LogP contribution is -2.30. The molecule has 142 valence electrons. The zero-order chi connectivity index (χ0) is 19.7. The smallest absolute Gasteiger partial charge is 0.223 e. The molecule has 0 saturated carbocycles. The molecule has 0 bridgehead atoms. The highest BCUT2D eigenvalue weighted by molar-refractivity contribution is 6.30. The SMILES string of the molecule is CCC(C(=N)c1nc(Cl)nc2c1CN(C(C)C)C2C=O)c1cccc(Cl)c1. The molecule has 2 unspecified atom stereocenters. The normalized spacial score (nSPS) is 17.8. The van der Waals surface area contributed by atoms with Gasteiger partial charge in [-0.2, -0.15) is 0 Å². The molecule has 0 spiro atoms. The van der Waals surface area contributed by atoms with Crippen molar-refractivity contribution >= 4 is 35.2 Å². The Kier molecular flexibility index (Phi) is 5.94. The molecule has 2 atom stereocenters. The third-order valence-electron chi connectivity index (χ3n) is 5.05. The Balaban J connectivity index is 2.08. The predicted molar refractivity (Wildman–Crippen MR) is 108 cm³/mol. The number of fused-ring (bicyclic) bond motifs is 1. The number of carbonyl (C=O) groups is 1. The molecular formula is C20H22Cl2N4O. The van der Waals surface area contributed by atoms with E-state index in [9.17, 15) is 4.79 Å². The average molecular weight is 405 g/mol. The van der Waals surface area contributed by atoms with Gasteiger partial charge in [-0.05, 0) is 49.6 Å². The third kappa shape index (κ3) is 3.77. The van der Waals surface area contributed by atoms with E-state index in [-0.39, 0.29) is 17.2 Å². The quantitative estimate of drug-likeness (QED) is 0.426. The summed E-state index contributed by atoms with van der Waals surface area (Å²) in [7, 11) is 0. The van der Waals surface area contributed by atoms with Gasteiger partial charge in [0, 0.05) is 29.1 Å². The van der Waals surface area contributed by atoms with E-state index in [4.69, 9.17) is 28.6 Å². The highest BCUT2D eigenvalue weighted by Gasteiger charge is 2.37. The second-order valence-corrected chi connectivity index (χ2v) is 7.76. The molecule has 1 aliphatic heterocycles. The van der Waals surface area contributed by atoms with Crippen molar-refractivity contribution < 1.29 is 4.79 Å². The topological polar surface area (TPSA) is 69.9 Å². The summed E-state index contributed by atoms with van der Waals surface area (Å²) >= 11 is 12.3. The van der Waals surface area contributed by atoms with Gasteiger partial charge < -0.3 is 10.2 Å². The lowest BCUT2D eigenvalue weighted by molar-refractivity contribution is -0.113. The molecule has 1 aliphatic rings. The van der Waals surface area contributed by atoms with Crippen molar-refractivity contribution in [1.29, 1.82) is 5.41 Å². The number of benzene rings is 1. The molecule has 27 heavy (non-hydrogen) atoms. The van der Waals surface area contributed by atoms with Crippen LogP contribution in [0.2, 0.25) is 10.3 Å². The molecule has 0 fully saturated rings. The summed E-state index contributed by atoms with van der Waals surface area (Å²) in [6.45, 7) is 6.61. The minimum atomic E-state index is -0.460. The second-order valence-electron chi connectivity index (χ2n) is 6.98. The Morgan fingerprint density at radius 3 is 2.70 bits per heavy atom. The Morgan fingerprint density at radius 2 is 2.11 bits per heavy atom. The van der Waals surface area contributed by atoms with Crippen LogP contribution >= 0.6 is 23.2 Å². The first-order valence-corrected chi connectivity index (χ1v) is 9.74. The van der Waals surface area contributed by atoms with Crippen molar-refractivity contribution in [2.75, 3.05) is 0 Å². The van der Waals surface area contributed by atoms with Crippen LogP contribution in [-0.2, 0) is 11.3 Å². The summed E-state index contributed by atoms with van der Waals surface area (Å²) < 4.78 is 0. The fourth-order valence-corrected chi connectivity index (χ4v) is 4.05. The van der Waals surface area contributed by atoms with Crippen LogP contribution in [0, 0.1) is 5.41 Å². The molecule has 7 heteroatoms. The van der Waals surface area contributed by atoms with Crippen LogP contribution in [0.15, 0.2) is 24.3 Å². The summed E-state index contributed by atoms with van der Waals surface area (Å²) in [6, 6.07) is 7.24. The summed E-state index contributed by atoms with van der Waals surface area (Å²) in [5.41, 5.74) is 3.28. The first kappa shape index (κ1) is 19.9. The highest BCUT2D eigenvalue weighted by atomic mass is 35.5. The van der Waals surface area contributed by atoms with Crippen molar-refractivity contribution in [3.63, 3.8) is 0 Å². The zero-order valence-electron chi connectivity index (χ0n) is 15.5. The standard InChI is InChI=1S/C20H22Cl2N4O/c1-4-14(12-6-5-7-13(21)8-12)17(23)19-15-9-26(11(2)3)16(10-27)18(15)24-20(22)25-19/h5-8,10-11,14,16,23H,4,9H2,1-3H3. The van der Waals surface area contributed by atoms with Gasteiger partial charge in [-0.1, -0.05) is 30.7 Å². The van der Waals surface area contributed by atoms with E-state index in [1.54, 1.807) is 0 Å². The molecule has 2 aromatic rings. The minimum absolute atomic E-state index is 0.0619. The van der Waals surface area contributed by atoms with Crippen LogP contribution in [0.1, 0.15) is 61.7 Å². The number of halogens is 2. The van der Waals surface area contributed by atoms with Gasteiger partial charge in [0.05, 0.1) is 17.1 Å². The van der Waals surface area contributed by atoms with Crippen LogP contribution < -0.4 is 0 Å². The van der Waals surface area contributed by atoms with Gasteiger partial charge in [0.25, 0.3) is 0 Å². The number of hydrogen-bond acceptors (Lipinski definition) is 5. The van der Waals surface area contributed by atoms with Crippen molar-refractivity contribution in [3.05, 3.63) is 57.1 Å². The lowest BCUT2D eigenvalue weighted by Gasteiger charge is -2.24. The zero-order valence-corrected chi connectivity index (χ0v) is 17.1. The van der Waals surface area contributed by atoms with E-state index in [1.165, 1.54) is 0 Å². The van der Waals surface area contributed by atoms with Gasteiger partial charge in [0.15, 0.2) is 0 Å². The molecule has 2 heterocycles. The number of rotatable bonds is 6. The monoisotopic (exact) mass is 404 g/mol. The number of aldehydes is 1. The van der Waals surface area contributed by atoms with E-state index in [2.05, 4.69) is 9.97 Å². The Morgan fingerprint density at radius 1 is 1.37 bits per heavy atom. The second kappa shape index (κ2) is 8.05. The summed E-state index contributed by atoms with van der Waals surface area (Å²) in [5, 5.41) is 9.56. The van der Waals surface area contributed by atoms with Gasteiger partial charge in [-0.3, -0.25) is 4.90 Å². The van der Waals surface area contributed by atoms with E-state index in [0.29, 0.717) is 28.7 Å². The highest BCUT2D eigenvalue weighted by Crippen LogP contribution is 2.37. The lowest BCUT2D eigenvalue weighted by atomic mass is 9.88. The van der Waals surface area contributed by atoms with Crippen molar-refractivity contribution in [1.82, 2.24) is 14.9 Å². The first-order valence-electron chi connectivity index (χ1n) is 8.99. The number of aromatic nitrogens is 2. The minimum Gasteiger partial charge on any atom is -0.302 e. The maximum Gasteiger partial charge on any atom is 0.223 e. The average Bonchev–Trinajstić information content (AvgIpc) is 3.00. The molecule has 0 aliphatic carbocycles. The van der Waals surface area contributed by atoms with E-state index < -0.39 is 6.04 Å². The summed E-state index contributed by atoms with van der Waals surface area (Å²) in [4.78, 5) is 22.4. The van der Waals surface area contributed by atoms with E-state index in [0.717, 1.165) is 23.8 Å². The van der Waals surface area contributed by atoms with Gasteiger partial charge in [-0.25, -0.2) is 9.97 Å². The molecule has 1 aromatic heterocycles. The molecular weight excluding hydrogens is 383 g/mol. The number of carbonyl (C=O) groups excluding carboxylic acids is 1.